The van der Waals surface area contributed by atoms with Crippen LogP contribution < -0.4 is 0 Å². The van der Waals surface area contributed by atoms with Crippen molar-refractivity contribution in [2.45, 2.75) is 5.75 Å². The van der Waals surface area contributed by atoms with Crippen LogP contribution >= 0.6 is 11.8 Å². The van der Waals surface area contributed by atoms with E-state index in [1.807, 2.05) is 18.2 Å². The molecule has 0 aliphatic rings. The van der Waals surface area contributed by atoms with Crippen molar-refractivity contribution in [3.63, 3.8) is 0 Å². The number of nitrogens with zero attached hydrogens (tertiary/aromatic N) is 1. The number of hydrogen-bond acceptors (Lipinski definition) is 4. The van der Waals surface area contributed by atoms with Crippen LogP contribution in [0.25, 0.3) is 0 Å². The molecule has 1 rings (SSSR count). The van der Waals surface area contributed by atoms with E-state index in [-0.39, 0.29) is 5.30 Å². The lowest BCUT2D eigenvalue weighted by Gasteiger charge is -1.99. The molecular formula is C10H9NO2S. The SMILES string of the molecule is COC(=O)SCc1ccc(C#N)cc1. The summed E-state index contributed by atoms with van der Waals surface area (Å²) in [7, 11) is 1.36. The molecule has 0 radical (unpaired) electrons. The first-order valence-corrected chi connectivity index (χ1v) is 4.94. The van der Waals surface area contributed by atoms with Gasteiger partial charge in [0.2, 0.25) is 0 Å². The maximum Gasteiger partial charge on any atom is 0.367 e. The second-order valence-corrected chi connectivity index (χ2v) is 3.46. The molecule has 0 fully saturated rings. The summed E-state index contributed by atoms with van der Waals surface area (Å²) in [5.41, 5.74) is 1.62. The highest BCUT2D eigenvalue weighted by Crippen LogP contribution is 2.14. The highest BCUT2D eigenvalue weighted by Gasteiger charge is 2.01. The van der Waals surface area contributed by atoms with E-state index in [1.165, 1.54) is 7.11 Å². The number of methoxy groups -OCH3 is 1. The first-order valence-electron chi connectivity index (χ1n) is 3.96. The molecule has 0 aliphatic heterocycles. The lowest BCUT2D eigenvalue weighted by atomic mass is 10.2. The van der Waals surface area contributed by atoms with E-state index >= 15 is 0 Å². The number of thioether (sulfide) groups is 1. The van der Waals surface area contributed by atoms with Crippen molar-refractivity contribution in [2.75, 3.05) is 7.11 Å². The van der Waals surface area contributed by atoms with Crippen LogP contribution in [0.15, 0.2) is 24.3 Å². The first kappa shape index (κ1) is 10.6. The number of carbonyl (C=O) groups excluding carboxylic acids is 1. The Hall–Kier alpha value is -1.47. The average Bonchev–Trinajstić information content (AvgIpc) is 2.26. The van der Waals surface area contributed by atoms with E-state index in [0.29, 0.717) is 11.3 Å². The molecule has 3 nitrogen and oxygen atoms in total. The Bertz CT molecular complexity index is 353. The van der Waals surface area contributed by atoms with Crippen LogP contribution in [0.2, 0.25) is 0 Å². The topological polar surface area (TPSA) is 50.1 Å². The van der Waals surface area contributed by atoms with E-state index in [1.54, 1.807) is 12.1 Å². The maximum absolute atomic E-state index is 10.8. The normalized spacial score (nSPS) is 9.14. The Morgan fingerprint density at radius 2 is 2.14 bits per heavy atom. The number of rotatable bonds is 2. The fourth-order valence-electron chi connectivity index (χ4n) is 0.877. The van der Waals surface area contributed by atoms with Crippen LogP contribution in [0.1, 0.15) is 11.1 Å². The molecule has 0 unspecified atom stereocenters. The molecule has 0 spiro atoms. The third-order valence-corrected chi connectivity index (χ3v) is 2.49. The Balaban J connectivity index is 2.53. The molecule has 1 aromatic carbocycles. The third-order valence-electron chi connectivity index (χ3n) is 1.61. The fraction of sp³-hybridized carbons (Fsp3) is 0.200. The van der Waals surface area contributed by atoms with Gasteiger partial charge >= 0.3 is 5.30 Å². The van der Waals surface area contributed by atoms with Crippen molar-refractivity contribution >= 4 is 17.1 Å². The van der Waals surface area contributed by atoms with Crippen molar-refractivity contribution in [1.29, 1.82) is 5.26 Å². The van der Waals surface area contributed by atoms with E-state index in [2.05, 4.69) is 4.74 Å². The summed E-state index contributed by atoms with van der Waals surface area (Å²) in [6.45, 7) is 0. The molecule has 4 heteroatoms. The van der Waals surface area contributed by atoms with E-state index < -0.39 is 0 Å². The minimum absolute atomic E-state index is 0.297. The summed E-state index contributed by atoms with van der Waals surface area (Å²) >= 11 is 1.10. The first-order chi connectivity index (χ1) is 6.76. The number of nitriles is 1. The van der Waals surface area contributed by atoms with Gasteiger partial charge < -0.3 is 4.74 Å². The van der Waals surface area contributed by atoms with Crippen LogP contribution in [0.5, 0.6) is 0 Å². The van der Waals surface area contributed by atoms with E-state index in [9.17, 15) is 4.79 Å². The summed E-state index contributed by atoms with van der Waals surface area (Å²) in [6, 6.07) is 9.15. The standard InChI is InChI=1S/C10H9NO2S/c1-13-10(12)14-7-9-4-2-8(6-11)3-5-9/h2-5H,7H2,1H3. The number of carbonyl (C=O) groups is 1. The predicted molar refractivity (Wildman–Crippen MR) is 54.9 cm³/mol. The quantitative estimate of drug-likeness (QED) is 0.699. The summed E-state index contributed by atoms with van der Waals surface area (Å²) in [6.07, 6.45) is 0. The van der Waals surface area contributed by atoms with Crippen molar-refractivity contribution in [1.82, 2.24) is 0 Å². The van der Waals surface area contributed by atoms with Crippen LogP contribution in [0, 0.1) is 11.3 Å². The molecule has 0 bridgehead atoms. The van der Waals surface area contributed by atoms with Gasteiger partial charge in [0.15, 0.2) is 0 Å². The Labute approximate surface area is 86.7 Å². The molecule has 0 aliphatic carbocycles. The zero-order valence-corrected chi connectivity index (χ0v) is 8.50. The number of benzene rings is 1. The monoisotopic (exact) mass is 207 g/mol. The Morgan fingerprint density at radius 3 is 2.64 bits per heavy atom. The Kier molecular flexibility index (Phi) is 4.02. The summed E-state index contributed by atoms with van der Waals surface area (Å²) in [4.78, 5) is 10.8. The van der Waals surface area contributed by atoms with Crippen molar-refractivity contribution in [3.8, 4) is 6.07 Å². The van der Waals surface area contributed by atoms with Crippen LogP contribution in [0.3, 0.4) is 0 Å². The molecule has 0 atom stereocenters. The van der Waals surface area contributed by atoms with Gasteiger partial charge in [-0.15, -0.1) is 0 Å². The smallest absolute Gasteiger partial charge is 0.367 e. The van der Waals surface area contributed by atoms with Gasteiger partial charge in [-0.3, -0.25) is 0 Å². The van der Waals surface area contributed by atoms with Gasteiger partial charge in [0, 0.05) is 5.75 Å². The minimum atomic E-state index is -0.297. The zero-order valence-electron chi connectivity index (χ0n) is 7.69. The lowest BCUT2D eigenvalue weighted by Crippen LogP contribution is -1.91. The second kappa shape index (κ2) is 5.30. The largest absolute Gasteiger partial charge is 0.461 e. The van der Waals surface area contributed by atoms with E-state index in [0.717, 1.165) is 17.3 Å². The Morgan fingerprint density at radius 1 is 1.50 bits per heavy atom. The number of hydrogen-bond donors (Lipinski definition) is 0. The van der Waals surface area contributed by atoms with Gasteiger partial charge in [-0.1, -0.05) is 12.1 Å². The van der Waals surface area contributed by atoms with Gasteiger partial charge in [-0.2, -0.15) is 5.26 Å². The van der Waals surface area contributed by atoms with Crippen molar-refractivity contribution in [2.24, 2.45) is 0 Å². The van der Waals surface area contributed by atoms with Crippen molar-refractivity contribution in [3.05, 3.63) is 35.4 Å². The zero-order chi connectivity index (χ0) is 10.4. The van der Waals surface area contributed by atoms with E-state index in [4.69, 9.17) is 5.26 Å². The lowest BCUT2D eigenvalue weighted by molar-refractivity contribution is 0.200. The molecule has 0 N–H and O–H groups in total. The molecular weight excluding hydrogens is 198 g/mol. The molecule has 0 amide bonds. The molecule has 14 heavy (non-hydrogen) atoms. The molecule has 1 aromatic rings. The third kappa shape index (κ3) is 3.11. The molecule has 0 saturated heterocycles. The maximum atomic E-state index is 10.8. The van der Waals surface area contributed by atoms with Crippen LogP contribution in [-0.2, 0) is 10.5 Å². The summed E-state index contributed by atoms with van der Waals surface area (Å²) < 4.78 is 4.49. The molecule has 72 valence electrons. The summed E-state index contributed by atoms with van der Waals surface area (Å²) in [5.74, 6) is 0.568. The average molecular weight is 207 g/mol. The molecule has 0 heterocycles. The minimum Gasteiger partial charge on any atom is -0.461 e. The highest BCUT2D eigenvalue weighted by atomic mass is 32.2. The van der Waals surface area contributed by atoms with Gasteiger partial charge in [-0.05, 0) is 29.5 Å². The van der Waals surface area contributed by atoms with Gasteiger partial charge in [0.05, 0.1) is 18.7 Å². The van der Waals surface area contributed by atoms with Gasteiger partial charge in [-0.25, -0.2) is 4.79 Å². The van der Waals surface area contributed by atoms with Crippen molar-refractivity contribution < 1.29 is 9.53 Å². The van der Waals surface area contributed by atoms with Gasteiger partial charge in [0.25, 0.3) is 0 Å². The molecule has 0 saturated carbocycles. The highest BCUT2D eigenvalue weighted by molar-refractivity contribution is 8.12. The molecule has 0 aromatic heterocycles. The predicted octanol–water partition coefficient (Wildman–Crippen LogP) is 2.56. The van der Waals surface area contributed by atoms with Gasteiger partial charge in [0.1, 0.15) is 0 Å². The fourth-order valence-corrected chi connectivity index (χ4v) is 1.47. The van der Waals surface area contributed by atoms with Crippen LogP contribution in [0.4, 0.5) is 4.79 Å². The number of ether oxygens (including phenoxy) is 1. The van der Waals surface area contributed by atoms with Crippen LogP contribution in [-0.4, -0.2) is 12.4 Å². The summed E-state index contributed by atoms with van der Waals surface area (Å²) in [5, 5.41) is 8.26. The second-order valence-electron chi connectivity index (χ2n) is 2.55.